The Labute approximate surface area is 226 Å². The van der Waals surface area contributed by atoms with E-state index in [9.17, 15) is 25.0 Å². The minimum absolute atomic E-state index is 0.168. The first-order valence-electron chi connectivity index (χ1n) is 10.9. The molecule has 0 spiro atoms. The Bertz CT molecular complexity index is 1490. The number of halogens is 2. The van der Waals surface area contributed by atoms with Gasteiger partial charge in [-0.1, -0.05) is 23.2 Å². The van der Waals surface area contributed by atoms with Crippen LogP contribution < -0.4 is 9.47 Å². The van der Waals surface area contributed by atoms with E-state index in [1.165, 1.54) is 62.8 Å². The van der Waals surface area contributed by atoms with Crippen molar-refractivity contribution in [2.45, 2.75) is 0 Å². The summed E-state index contributed by atoms with van der Waals surface area (Å²) in [6.07, 6.45) is 0. The molecule has 0 saturated carbocycles. The van der Waals surface area contributed by atoms with E-state index < -0.39 is 15.6 Å². The lowest BCUT2D eigenvalue weighted by molar-refractivity contribution is -0.385. The second-order valence-corrected chi connectivity index (χ2v) is 8.81. The first kappa shape index (κ1) is 26.6. The van der Waals surface area contributed by atoms with Gasteiger partial charge in [0.25, 0.3) is 11.4 Å². The smallest absolute Gasteiger partial charge is 0.270 e. The zero-order valence-corrected chi connectivity index (χ0v) is 21.4. The molecule has 0 amide bonds. The molecule has 0 aliphatic heterocycles. The molecule has 0 heterocycles. The van der Waals surface area contributed by atoms with E-state index in [0.717, 1.165) is 0 Å². The van der Waals surface area contributed by atoms with Gasteiger partial charge in [-0.2, -0.15) is 0 Å². The van der Waals surface area contributed by atoms with Crippen molar-refractivity contribution < 1.29 is 24.1 Å². The van der Waals surface area contributed by atoms with E-state index in [1.54, 1.807) is 24.3 Å². The van der Waals surface area contributed by atoms with Crippen LogP contribution in [0.5, 0.6) is 11.5 Å². The van der Waals surface area contributed by atoms with Crippen LogP contribution in [0.15, 0.2) is 72.8 Å². The summed E-state index contributed by atoms with van der Waals surface area (Å²) >= 11 is 12.8. The van der Waals surface area contributed by atoms with Crippen molar-refractivity contribution in [3.63, 3.8) is 0 Å². The summed E-state index contributed by atoms with van der Waals surface area (Å²) in [4.78, 5) is 35.8. The Hall–Kier alpha value is -4.47. The van der Waals surface area contributed by atoms with Crippen LogP contribution in [0.4, 0.5) is 11.4 Å². The molecule has 4 aromatic carbocycles. The molecular weight excluding hydrogens is 535 g/mol. The van der Waals surface area contributed by atoms with E-state index >= 15 is 0 Å². The molecule has 4 aromatic rings. The quantitative estimate of drug-likeness (QED) is 0.127. The fourth-order valence-corrected chi connectivity index (χ4v) is 4.39. The molecule has 9 nitrogen and oxygen atoms in total. The van der Waals surface area contributed by atoms with Gasteiger partial charge in [-0.05, 0) is 59.7 Å². The van der Waals surface area contributed by atoms with Crippen LogP contribution in [0.3, 0.4) is 0 Å². The highest BCUT2D eigenvalue weighted by Gasteiger charge is 2.24. The highest BCUT2D eigenvalue weighted by Crippen LogP contribution is 2.40. The molecule has 0 saturated heterocycles. The second-order valence-electron chi connectivity index (χ2n) is 7.99. The van der Waals surface area contributed by atoms with Crippen LogP contribution in [0.2, 0.25) is 10.0 Å². The van der Waals surface area contributed by atoms with Gasteiger partial charge in [0.15, 0.2) is 5.78 Å². The number of nitro benzene ring substituents is 2. The number of hydrogen-bond donors (Lipinski definition) is 0. The molecule has 38 heavy (non-hydrogen) atoms. The van der Waals surface area contributed by atoms with E-state index in [-0.39, 0.29) is 43.7 Å². The number of ether oxygens (including phenoxy) is 2. The molecule has 0 fully saturated rings. The van der Waals surface area contributed by atoms with Crippen molar-refractivity contribution in [3.05, 3.63) is 114 Å². The number of hydrogen-bond acceptors (Lipinski definition) is 7. The summed E-state index contributed by atoms with van der Waals surface area (Å²) in [5.74, 6) is 0.317. The molecule has 0 atom stereocenters. The molecule has 0 bridgehead atoms. The van der Waals surface area contributed by atoms with Crippen LogP contribution in [0, 0.1) is 20.2 Å². The van der Waals surface area contributed by atoms with Gasteiger partial charge in [0.2, 0.25) is 0 Å². The Morgan fingerprint density at radius 1 is 0.632 bits per heavy atom. The van der Waals surface area contributed by atoms with Crippen LogP contribution >= 0.6 is 23.2 Å². The van der Waals surface area contributed by atoms with Gasteiger partial charge in [0, 0.05) is 56.6 Å². The molecule has 0 unspecified atom stereocenters. The van der Waals surface area contributed by atoms with Gasteiger partial charge in [0.1, 0.15) is 11.5 Å². The van der Waals surface area contributed by atoms with Crippen LogP contribution in [0.25, 0.3) is 22.3 Å². The maximum atomic E-state index is 14.1. The van der Waals surface area contributed by atoms with E-state index in [4.69, 9.17) is 32.7 Å². The van der Waals surface area contributed by atoms with Crippen LogP contribution in [-0.2, 0) is 0 Å². The molecular formula is C27H18Cl2N2O7. The third-order valence-corrected chi connectivity index (χ3v) is 6.50. The lowest BCUT2D eigenvalue weighted by atomic mass is 9.89. The molecule has 192 valence electrons. The molecule has 11 heteroatoms. The first-order chi connectivity index (χ1) is 18.1. The van der Waals surface area contributed by atoms with Gasteiger partial charge in [-0.25, -0.2) is 0 Å². The molecule has 0 N–H and O–H groups in total. The van der Waals surface area contributed by atoms with Crippen LogP contribution in [0.1, 0.15) is 15.9 Å². The summed E-state index contributed by atoms with van der Waals surface area (Å²) in [6.45, 7) is 0. The van der Waals surface area contributed by atoms with Crippen molar-refractivity contribution in [1.29, 1.82) is 0 Å². The lowest BCUT2D eigenvalue weighted by Crippen LogP contribution is -2.07. The average Bonchev–Trinajstić information content (AvgIpc) is 2.92. The summed E-state index contributed by atoms with van der Waals surface area (Å²) in [7, 11) is 2.89. The number of nitrogens with zero attached hydrogens (tertiary/aromatic N) is 2. The third-order valence-electron chi connectivity index (χ3n) is 5.84. The molecule has 0 aromatic heterocycles. The van der Waals surface area contributed by atoms with E-state index in [2.05, 4.69) is 0 Å². The first-order valence-corrected chi connectivity index (χ1v) is 11.7. The summed E-state index contributed by atoms with van der Waals surface area (Å²) in [5, 5.41) is 23.2. The number of benzene rings is 4. The maximum absolute atomic E-state index is 14.1. The highest BCUT2D eigenvalue weighted by atomic mass is 35.5. The Balaban J connectivity index is 1.97. The number of ketones is 1. The summed E-state index contributed by atoms with van der Waals surface area (Å²) in [5.41, 5.74) is 1.03. The Morgan fingerprint density at radius 2 is 1.03 bits per heavy atom. The summed E-state index contributed by atoms with van der Waals surface area (Å²) < 4.78 is 10.6. The number of carbonyl (C=O) groups excluding carboxylic acids is 1. The number of non-ortho nitro benzene ring substituents is 2. The number of rotatable bonds is 8. The zero-order valence-electron chi connectivity index (χ0n) is 19.9. The Kier molecular flexibility index (Phi) is 7.61. The fraction of sp³-hybridized carbons (Fsp3) is 0.0741. The van der Waals surface area contributed by atoms with Crippen molar-refractivity contribution in [1.82, 2.24) is 0 Å². The van der Waals surface area contributed by atoms with Crippen molar-refractivity contribution >= 4 is 40.4 Å². The standard InChI is InChI=1S/C27H18Cl2N2O7/c1-37-17-5-7-19(21(13-17)23-11-15(30(33)34)3-9-25(23)28)27(32)20-8-6-18(38-2)14-22(20)24-12-16(31(35)36)4-10-26(24)29/h3-14H,1-2H3. The normalized spacial score (nSPS) is 10.6. The van der Waals surface area contributed by atoms with Gasteiger partial charge >= 0.3 is 0 Å². The molecule has 4 rings (SSSR count). The zero-order chi connectivity index (χ0) is 27.6. The van der Waals surface area contributed by atoms with Crippen molar-refractivity contribution in [2.75, 3.05) is 14.2 Å². The molecule has 0 radical (unpaired) electrons. The summed E-state index contributed by atoms with van der Waals surface area (Å²) in [6, 6.07) is 17.2. The van der Waals surface area contributed by atoms with Crippen LogP contribution in [-0.4, -0.2) is 29.8 Å². The monoisotopic (exact) mass is 552 g/mol. The third kappa shape index (κ3) is 5.15. The van der Waals surface area contributed by atoms with Crippen molar-refractivity contribution in [3.8, 4) is 33.8 Å². The second kappa shape index (κ2) is 10.9. The van der Waals surface area contributed by atoms with Crippen molar-refractivity contribution in [2.24, 2.45) is 0 Å². The topological polar surface area (TPSA) is 122 Å². The molecule has 0 aliphatic rings. The Morgan fingerprint density at radius 3 is 1.37 bits per heavy atom. The lowest BCUT2D eigenvalue weighted by Gasteiger charge is -2.16. The van der Waals surface area contributed by atoms with E-state index in [1.807, 2.05) is 0 Å². The number of nitro groups is 2. The predicted molar refractivity (Wildman–Crippen MR) is 144 cm³/mol. The minimum atomic E-state index is -0.562. The largest absolute Gasteiger partial charge is 0.497 e. The number of methoxy groups -OCH3 is 2. The van der Waals surface area contributed by atoms with Gasteiger partial charge < -0.3 is 9.47 Å². The SMILES string of the molecule is COc1ccc(C(=O)c2ccc(OC)cc2-c2cc([N+](=O)[O-])ccc2Cl)c(-c2cc([N+](=O)[O-])ccc2Cl)c1. The fourth-order valence-electron chi connectivity index (χ4n) is 3.95. The van der Waals surface area contributed by atoms with Gasteiger partial charge in [-0.3, -0.25) is 25.0 Å². The minimum Gasteiger partial charge on any atom is -0.497 e. The average molecular weight is 553 g/mol. The highest BCUT2D eigenvalue weighted by molar-refractivity contribution is 6.34. The molecule has 0 aliphatic carbocycles. The van der Waals surface area contributed by atoms with E-state index in [0.29, 0.717) is 22.6 Å². The van der Waals surface area contributed by atoms with Gasteiger partial charge in [-0.15, -0.1) is 0 Å². The van der Waals surface area contributed by atoms with Gasteiger partial charge in [0.05, 0.1) is 24.1 Å². The number of carbonyl (C=O) groups is 1. The maximum Gasteiger partial charge on any atom is 0.270 e. The predicted octanol–water partition coefficient (Wildman–Crippen LogP) is 7.39.